The number of phenols is 1. The summed E-state index contributed by atoms with van der Waals surface area (Å²) in [4.78, 5) is 10.6. The molecule has 1 rings (SSSR count). The van der Waals surface area contributed by atoms with E-state index in [9.17, 15) is 4.79 Å². The van der Waals surface area contributed by atoms with Crippen LogP contribution in [0.2, 0.25) is 0 Å². The Morgan fingerprint density at radius 3 is 2.77 bits per heavy atom. The minimum Gasteiger partial charge on any atom is -0.508 e. The van der Waals surface area contributed by atoms with Gasteiger partial charge in [-0.1, -0.05) is 6.07 Å². The largest absolute Gasteiger partial charge is 0.508 e. The van der Waals surface area contributed by atoms with Crippen molar-refractivity contribution < 1.29 is 15.0 Å². The standard InChI is InChI=1S/C10H12O3/c11-5-1-2-8-3-4-10(13)6-9(8)7-12/h3-4,6-7,11,13H,1-2,5H2. The van der Waals surface area contributed by atoms with Crippen LogP contribution < -0.4 is 0 Å². The molecular weight excluding hydrogens is 168 g/mol. The normalized spacial score (nSPS) is 9.92. The van der Waals surface area contributed by atoms with Crippen molar-refractivity contribution in [1.29, 1.82) is 0 Å². The van der Waals surface area contributed by atoms with Crippen molar-refractivity contribution in [3.05, 3.63) is 29.3 Å². The molecular formula is C10H12O3. The second-order valence-electron chi connectivity index (χ2n) is 2.83. The lowest BCUT2D eigenvalue weighted by Gasteiger charge is -2.03. The summed E-state index contributed by atoms with van der Waals surface area (Å²) in [5.41, 5.74) is 1.36. The van der Waals surface area contributed by atoms with Crippen LogP contribution in [0.4, 0.5) is 0 Å². The molecule has 0 saturated heterocycles. The number of benzene rings is 1. The molecule has 0 fully saturated rings. The molecule has 3 nitrogen and oxygen atoms in total. The minimum atomic E-state index is 0.0925. The van der Waals surface area contributed by atoms with Crippen LogP contribution in [-0.2, 0) is 6.42 Å². The van der Waals surface area contributed by atoms with E-state index in [4.69, 9.17) is 10.2 Å². The number of carbonyl (C=O) groups excluding carboxylic acids is 1. The Labute approximate surface area is 76.6 Å². The number of aryl methyl sites for hydroxylation is 1. The van der Waals surface area contributed by atoms with Gasteiger partial charge in [-0.25, -0.2) is 0 Å². The molecule has 0 aliphatic heterocycles. The lowest BCUT2D eigenvalue weighted by atomic mass is 10.0. The van der Waals surface area contributed by atoms with Gasteiger partial charge in [0.15, 0.2) is 0 Å². The summed E-state index contributed by atoms with van der Waals surface area (Å²) in [7, 11) is 0. The van der Waals surface area contributed by atoms with Crippen LogP contribution in [0.3, 0.4) is 0 Å². The maximum Gasteiger partial charge on any atom is 0.150 e. The Kier molecular flexibility index (Phi) is 3.46. The molecule has 0 atom stereocenters. The predicted molar refractivity (Wildman–Crippen MR) is 48.9 cm³/mol. The van der Waals surface area contributed by atoms with Crippen molar-refractivity contribution in [1.82, 2.24) is 0 Å². The van der Waals surface area contributed by atoms with Crippen molar-refractivity contribution in [2.75, 3.05) is 6.61 Å². The van der Waals surface area contributed by atoms with Crippen LogP contribution in [0.5, 0.6) is 5.75 Å². The van der Waals surface area contributed by atoms with E-state index in [2.05, 4.69) is 0 Å². The molecule has 0 heterocycles. The van der Waals surface area contributed by atoms with Gasteiger partial charge in [0.1, 0.15) is 12.0 Å². The fraction of sp³-hybridized carbons (Fsp3) is 0.300. The maximum atomic E-state index is 10.6. The van der Waals surface area contributed by atoms with Gasteiger partial charge in [-0.05, 0) is 30.5 Å². The number of aliphatic hydroxyl groups is 1. The molecule has 0 aromatic heterocycles. The molecule has 0 amide bonds. The molecule has 70 valence electrons. The lowest BCUT2D eigenvalue weighted by Crippen LogP contribution is -1.94. The van der Waals surface area contributed by atoms with Gasteiger partial charge in [-0.15, -0.1) is 0 Å². The van der Waals surface area contributed by atoms with E-state index >= 15 is 0 Å². The minimum absolute atomic E-state index is 0.0925. The molecule has 0 saturated carbocycles. The van der Waals surface area contributed by atoms with Crippen molar-refractivity contribution in [2.45, 2.75) is 12.8 Å². The second-order valence-corrected chi connectivity index (χ2v) is 2.83. The summed E-state index contributed by atoms with van der Waals surface area (Å²) in [6.45, 7) is 0.110. The first-order chi connectivity index (χ1) is 6.27. The van der Waals surface area contributed by atoms with Crippen LogP contribution in [0.25, 0.3) is 0 Å². The van der Waals surface area contributed by atoms with E-state index in [-0.39, 0.29) is 12.4 Å². The number of aliphatic hydroxyl groups excluding tert-OH is 1. The van der Waals surface area contributed by atoms with E-state index in [0.29, 0.717) is 24.7 Å². The molecule has 13 heavy (non-hydrogen) atoms. The van der Waals surface area contributed by atoms with Gasteiger partial charge < -0.3 is 10.2 Å². The van der Waals surface area contributed by atoms with Gasteiger partial charge in [0.25, 0.3) is 0 Å². The van der Waals surface area contributed by atoms with Gasteiger partial charge in [0, 0.05) is 12.2 Å². The zero-order valence-corrected chi connectivity index (χ0v) is 7.23. The average Bonchev–Trinajstić information content (AvgIpc) is 2.16. The maximum absolute atomic E-state index is 10.6. The van der Waals surface area contributed by atoms with E-state index in [1.807, 2.05) is 0 Å². The first-order valence-electron chi connectivity index (χ1n) is 4.16. The molecule has 0 aliphatic rings. The van der Waals surface area contributed by atoms with Crippen LogP contribution in [0.15, 0.2) is 18.2 Å². The molecule has 0 bridgehead atoms. The highest BCUT2D eigenvalue weighted by Gasteiger charge is 2.01. The molecule has 3 heteroatoms. The highest BCUT2D eigenvalue weighted by Crippen LogP contribution is 2.16. The third-order valence-corrected chi connectivity index (χ3v) is 1.86. The quantitative estimate of drug-likeness (QED) is 0.683. The molecule has 1 aromatic carbocycles. The summed E-state index contributed by atoms with van der Waals surface area (Å²) in [5.74, 6) is 0.0925. The fourth-order valence-corrected chi connectivity index (χ4v) is 1.19. The monoisotopic (exact) mass is 180 g/mol. The Hall–Kier alpha value is -1.35. The zero-order valence-electron chi connectivity index (χ0n) is 7.23. The highest BCUT2D eigenvalue weighted by atomic mass is 16.3. The van der Waals surface area contributed by atoms with E-state index in [1.54, 1.807) is 12.1 Å². The average molecular weight is 180 g/mol. The summed E-state index contributed by atoms with van der Waals surface area (Å²) < 4.78 is 0. The summed E-state index contributed by atoms with van der Waals surface area (Å²) in [6.07, 6.45) is 2.00. The first-order valence-corrected chi connectivity index (χ1v) is 4.16. The first kappa shape index (κ1) is 9.74. The van der Waals surface area contributed by atoms with Crippen LogP contribution >= 0.6 is 0 Å². The Balaban J connectivity index is 2.86. The van der Waals surface area contributed by atoms with E-state index in [1.165, 1.54) is 6.07 Å². The molecule has 2 N–H and O–H groups in total. The molecule has 0 aliphatic carbocycles. The van der Waals surface area contributed by atoms with Crippen LogP contribution in [-0.4, -0.2) is 23.1 Å². The lowest BCUT2D eigenvalue weighted by molar-refractivity contribution is 0.112. The van der Waals surface area contributed by atoms with Crippen molar-refractivity contribution >= 4 is 6.29 Å². The van der Waals surface area contributed by atoms with Gasteiger partial charge in [-0.2, -0.15) is 0 Å². The highest BCUT2D eigenvalue weighted by molar-refractivity contribution is 5.78. The number of hydrogen-bond donors (Lipinski definition) is 2. The smallest absolute Gasteiger partial charge is 0.150 e. The molecule has 0 unspecified atom stereocenters. The van der Waals surface area contributed by atoms with E-state index < -0.39 is 0 Å². The number of rotatable bonds is 4. The Bertz CT molecular complexity index is 294. The topological polar surface area (TPSA) is 57.5 Å². The Morgan fingerprint density at radius 1 is 1.38 bits per heavy atom. The molecule has 1 aromatic rings. The number of hydrogen-bond acceptors (Lipinski definition) is 3. The van der Waals surface area contributed by atoms with Crippen LogP contribution in [0.1, 0.15) is 22.3 Å². The summed E-state index contributed by atoms with van der Waals surface area (Å²) >= 11 is 0. The van der Waals surface area contributed by atoms with Crippen molar-refractivity contribution in [3.8, 4) is 5.75 Å². The molecule has 0 spiro atoms. The number of carbonyl (C=O) groups is 1. The van der Waals surface area contributed by atoms with Gasteiger partial charge >= 0.3 is 0 Å². The second kappa shape index (κ2) is 4.62. The predicted octanol–water partition coefficient (Wildman–Crippen LogP) is 1.13. The van der Waals surface area contributed by atoms with Gasteiger partial charge in [0.2, 0.25) is 0 Å². The number of aldehydes is 1. The number of aromatic hydroxyl groups is 1. The third-order valence-electron chi connectivity index (χ3n) is 1.86. The SMILES string of the molecule is O=Cc1cc(O)ccc1CCCO. The summed E-state index contributed by atoms with van der Waals surface area (Å²) in [5, 5.41) is 17.7. The van der Waals surface area contributed by atoms with Crippen LogP contribution in [0, 0.1) is 0 Å². The van der Waals surface area contributed by atoms with Gasteiger partial charge in [0.05, 0.1) is 0 Å². The summed E-state index contributed by atoms with van der Waals surface area (Å²) in [6, 6.07) is 4.67. The third kappa shape index (κ3) is 2.56. The fourth-order valence-electron chi connectivity index (χ4n) is 1.19. The zero-order chi connectivity index (χ0) is 9.68. The molecule has 0 radical (unpaired) electrons. The van der Waals surface area contributed by atoms with Crippen molar-refractivity contribution in [3.63, 3.8) is 0 Å². The van der Waals surface area contributed by atoms with Crippen molar-refractivity contribution in [2.24, 2.45) is 0 Å². The Morgan fingerprint density at radius 2 is 2.15 bits per heavy atom. The number of phenolic OH excluding ortho intramolecular Hbond substituents is 1. The van der Waals surface area contributed by atoms with Gasteiger partial charge in [-0.3, -0.25) is 4.79 Å². The van der Waals surface area contributed by atoms with E-state index in [0.717, 1.165) is 5.56 Å².